The molecule has 0 aromatic heterocycles. The van der Waals surface area contributed by atoms with E-state index in [4.69, 9.17) is 8.92 Å². The number of hydrogen-bond acceptors (Lipinski definition) is 5. The molecule has 0 heterocycles. The Morgan fingerprint density at radius 1 is 0.933 bits per heavy atom. The van der Waals surface area contributed by atoms with Crippen LogP contribution in [0.15, 0.2) is 64.5 Å². The first kappa shape index (κ1) is 22.3. The molecule has 0 fully saturated rings. The van der Waals surface area contributed by atoms with E-state index in [2.05, 4.69) is 11.1 Å². The normalized spacial score (nSPS) is 11.6. The van der Waals surface area contributed by atoms with E-state index in [1.54, 1.807) is 30.5 Å². The molecule has 7 heteroatoms. The molecule has 0 amide bonds. The van der Waals surface area contributed by atoms with E-state index in [-0.39, 0.29) is 10.6 Å². The van der Waals surface area contributed by atoms with Crippen molar-refractivity contribution in [3.05, 3.63) is 80.4 Å². The van der Waals surface area contributed by atoms with Crippen LogP contribution in [0, 0.1) is 24.3 Å². The van der Waals surface area contributed by atoms with Gasteiger partial charge in [0.1, 0.15) is 4.90 Å². The van der Waals surface area contributed by atoms with Crippen molar-refractivity contribution in [2.45, 2.75) is 25.7 Å². The summed E-state index contributed by atoms with van der Waals surface area (Å²) in [5.41, 5.74) is 4.87. The van der Waals surface area contributed by atoms with Gasteiger partial charge in [0.15, 0.2) is 11.5 Å². The maximum atomic E-state index is 12.7. The lowest BCUT2D eigenvalue weighted by Crippen LogP contribution is -2.11. The zero-order chi connectivity index (χ0) is 21.9. The molecule has 0 bridgehead atoms. The number of halogens is 1. The number of hydrogen-bond donors (Lipinski definition) is 0. The van der Waals surface area contributed by atoms with E-state index < -0.39 is 10.1 Å². The van der Waals surface area contributed by atoms with Crippen molar-refractivity contribution in [1.82, 2.24) is 0 Å². The van der Waals surface area contributed by atoms with E-state index in [1.807, 2.05) is 55.5 Å². The predicted molar refractivity (Wildman–Crippen MR) is 128 cm³/mol. The number of benzene rings is 3. The van der Waals surface area contributed by atoms with Gasteiger partial charge in [0.2, 0.25) is 0 Å². The third kappa shape index (κ3) is 5.20. The fraction of sp³-hybridized carbons (Fsp3) is 0.174. The molecule has 0 aliphatic carbocycles. The number of ether oxygens (including phenoxy) is 1. The zero-order valence-electron chi connectivity index (χ0n) is 17.1. The minimum absolute atomic E-state index is 0.0893. The molecule has 0 radical (unpaired) electrons. The Morgan fingerprint density at radius 3 is 2.23 bits per heavy atom. The predicted octanol–water partition coefficient (Wildman–Crippen LogP) is 5.74. The summed E-state index contributed by atoms with van der Waals surface area (Å²) in [6.07, 6.45) is 1.72. The van der Waals surface area contributed by atoms with Gasteiger partial charge in [-0.05, 0) is 84.8 Å². The SMILES string of the molecule is COc1cc(C=Nc2ccc(C)cc2C)cc(I)c1OS(=O)(=O)c1ccc(C)cc1. The highest BCUT2D eigenvalue weighted by Gasteiger charge is 2.21. The standard InChI is InChI=1S/C23H22INO4S/c1-15-5-8-19(9-6-15)30(26,27)29-23-20(24)12-18(13-22(23)28-4)14-25-21-10-7-16(2)11-17(21)3/h5-14H,1-4H3. The van der Waals surface area contributed by atoms with E-state index in [0.717, 1.165) is 22.4 Å². The summed E-state index contributed by atoms with van der Waals surface area (Å²) in [7, 11) is -2.51. The number of aliphatic imine (C=N–C) groups is 1. The smallest absolute Gasteiger partial charge is 0.339 e. The first-order chi connectivity index (χ1) is 14.2. The van der Waals surface area contributed by atoms with Gasteiger partial charge in [-0.3, -0.25) is 4.99 Å². The minimum Gasteiger partial charge on any atom is -0.493 e. The topological polar surface area (TPSA) is 65.0 Å². The van der Waals surface area contributed by atoms with Crippen molar-refractivity contribution in [2.24, 2.45) is 4.99 Å². The summed E-state index contributed by atoms with van der Waals surface area (Å²) in [4.78, 5) is 4.64. The maximum absolute atomic E-state index is 12.7. The maximum Gasteiger partial charge on any atom is 0.339 e. The van der Waals surface area contributed by atoms with Gasteiger partial charge < -0.3 is 8.92 Å². The van der Waals surface area contributed by atoms with Crippen LogP contribution in [0.2, 0.25) is 0 Å². The molecule has 0 saturated carbocycles. The average molecular weight is 535 g/mol. The van der Waals surface area contributed by atoms with Crippen molar-refractivity contribution >= 4 is 44.6 Å². The fourth-order valence-electron chi connectivity index (χ4n) is 2.85. The second-order valence-corrected chi connectivity index (χ2v) is 9.64. The van der Waals surface area contributed by atoms with Gasteiger partial charge in [-0.1, -0.05) is 35.4 Å². The molecule has 0 unspecified atom stereocenters. The lowest BCUT2D eigenvalue weighted by Gasteiger charge is -2.13. The summed E-state index contributed by atoms with van der Waals surface area (Å²) >= 11 is 2.03. The molecular weight excluding hydrogens is 513 g/mol. The first-order valence-electron chi connectivity index (χ1n) is 9.19. The molecule has 0 saturated heterocycles. The minimum atomic E-state index is -3.98. The quantitative estimate of drug-likeness (QED) is 0.229. The summed E-state index contributed by atoms with van der Waals surface area (Å²) in [5, 5.41) is 0. The summed E-state index contributed by atoms with van der Waals surface area (Å²) < 4.78 is 36.8. The Balaban J connectivity index is 1.92. The lowest BCUT2D eigenvalue weighted by molar-refractivity contribution is 0.389. The van der Waals surface area contributed by atoms with E-state index >= 15 is 0 Å². The van der Waals surface area contributed by atoms with Crippen LogP contribution in [0.5, 0.6) is 11.5 Å². The van der Waals surface area contributed by atoms with E-state index in [9.17, 15) is 8.42 Å². The van der Waals surface area contributed by atoms with E-state index in [1.165, 1.54) is 24.8 Å². The highest BCUT2D eigenvalue weighted by Crippen LogP contribution is 2.36. The Kier molecular flexibility index (Phi) is 6.82. The Morgan fingerprint density at radius 2 is 1.60 bits per heavy atom. The van der Waals surface area contributed by atoms with Crippen molar-refractivity contribution in [1.29, 1.82) is 0 Å². The number of methoxy groups -OCH3 is 1. The van der Waals surface area contributed by atoms with Crippen LogP contribution in [0.3, 0.4) is 0 Å². The van der Waals surface area contributed by atoms with Crippen LogP contribution in [0.4, 0.5) is 5.69 Å². The Hall–Kier alpha value is -2.39. The molecule has 156 valence electrons. The van der Waals surface area contributed by atoms with Gasteiger partial charge >= 0.3 is 10.1 Å². The third-order valence-corrected chi connectivity index (χ3v) is 6.50. The van der Waals surface area contributed by atoms with Gasteiger partial charge in [-0.25, -0.2) is 0 Å². The van der Waals surface area contributed by atoms with Crippen molar-refractivity contribution in [2.75, 3.05) is 7.11 Å². The molecule has 5 nitrogen and oxygen atoms in total. The molecular formula is C23H22INO4S. The van der Waals surface area contributed by atoms with Gasteiger partial charge in [0, 0.05) is 6.21 Å². The largest absolute Gasteiger partial charge is 0.493 e. The van der Waals surface area contributed by atoms with Gasteiger partial charge in [0.25, 0.3) is 0 Å². The molecule has 0 spiro atoms. The summed E-state index contributed by atoms with van der Waals surface area (Å²) in [5.74, 6) is 0.474. The molecule has 0 aliphatic rings. The van der Waals surface area contributed by atoms with E-state index in [0.29, 0.717) is 9.32 Å². The van der Waals surface area contributed by atoms with Crippen molar-refractivity contribution < 1.29 is 17.3 Å². The monoisotopic (exact) mass is 535 g/mol. The van der Waals surface area contributed by atoms with Gasteiger partial charge in [0.05, 0.1) is 16.4 Å². The number of nitrogens with zero attached hydrogens (tertiary/aromatic N) is 1. The molecule has 0 N–H and O–H groups in total. The molecule has 3 aromatic carbocycles. The summed E-state index contributed by atoms with van der Waals surface area (Å²) in [6.45, 7) is 5.94. The molecule has 3 rings (SSSR count). The van der Waals surface area contributed by atoms with Crippen LogP contribution in [-0.2, 0) is 10.1 Å². The number of aryl methyl sites for hydroxylation is 3. The average Bonchev–Trinajstić information content (AvgIpc) is 2.69. The van der Waals surface area contributed by atoms with Crippen LogP contribution >= 0.6 is 22.6 Å². The molecule has 0 atom stereocenters. The highest BCUT2D eigenvalue weighted by molar-refractivity contribution is 14.1. The zero-order valence-corrected chi connectivity index (χ0v) is 20.1. The number of rotatable bonds is 6. The molecule has 30 heavy (non-hydrogen) atoms. The van der Waals surface area contributed by atoms with Crippen LogP contribution < -0.4 is 8.92 Å². The second kappa shape index (κ2) is 9.18. The fourth-order valence-corrected chi connectivity index (χ4v) is 4.69. The Labute approximate surface area is 191 Å². The van der Waals surface area contributed by atoms with Crippen molar-refractivity contribution in [3.63, 3.8) is 0 Å². The highest BCUT2D eigenvalue weighted by atomic mass is 127. The molecule has 3 aromatic rings. The van der Waals surface area contributed by atoms with Crippen LogP contribution in [-0.4, -0.2) is 21.7 Å². The lowest BCUT2D eigenvalue weighted by atomic mass is 10.1. The van der Waals surface area contributed by atoms with Crippen LogP contribution in [0.1, 0.15) is 22.3 Å². The van der Waals surface area contributed by atoms with Gasteiger partial charge in [-0.15, -0.1) is 0 Å². The third-order valence-electron chi connectivity index (χ3n) is 4.46. The van der Waals surface area contributed by atoms with Gasteiger partial charge in [-0.2, -0.15) is 8.42 Å². The second-order valence-electron chi connectivity index (χ2n) is 6.93. The first-order valence-corrected chi connectivity index (χ1v) is 11.7. The molecule has 0 aliphatic heterocycles. The Bertz CT molecular complexity index is 1200. The van der Waals surface area contributed by atoms with Crippen LogP contribution in [0.25, 0.3) is 0 Å². The van der Waals surface area contributed by atoms with Crippen molar-refractivity contribution in [3.8, 4) is 11.5 Å². The summed E-state index contributed by atoms with van der Waals surface area (Å²) in [6, 6.07) is 16.1.